The van der Waals surface area contributed by atoms with Crippen LogP contribution in [0.5, 0.6) is 0 Å². The number of likely N-dealkylation sites (N-methyl/N-ethyl adjacent to an activating group) is 1. The third-order valence-electron chi connectivity index (χ3n) is 3.06. The Labute approximate surface area is 123 Å². The fourth-order valence-corrected chi connectivity index (χ4v) is 2.04. The van der Waals surface area contributed by atoms with Crippen LogP contribution in [-0.4, -0.2) is 44.8 Å². The van der Waals surface area contributed by atoms with Crippen LogP contribution < -0.4 is 16.0 Å². The number of hydrogen-bond acceptors (Lipinski definition) is 6. The average Bonchev–Trinajstić information content (AvgIpc) is 2.77. The second kappa shape index (κ2) is 5.94. The van der Waals surface area contributed by atoms with Gasteiger partial charge in [-0.05, 0) is 20.8 Å². The normalized spacial score (nSPS) is 11.1. The smallest absolute Gasteiger partial charge is 0.239 e. The summed E-state index contributed by atoms with van der Waals surface area (Å²) < 4.78 is 1.64. The second-order valence-electron chi connectivity index (χ2n) is 5.15. The molecule has 0 spiro atoms. The minimum atomic E-state index is -0.0703. The quantitative estimate of drug-likeness (QED) is 0.821. The molecule has 2 aromatic rings. The Morgan fingerprint density at radius 3 is 2.81 bits per heavy atom. The van der Waals surface area contributed by atoms with Crippen molar-refractivity contribution < 1.29 is 4.79 Å². The van der Waals surface area contributed by atoms with Gasteiger partial charge in [-0.1, -0.05) is 0 Å². The van der Waals surface area contributed by atoms with Crippen LogP contribution in [0.3, 0.4) is 0 Å². The summed E-state index contributed by atoms with van der Waals surface area (Å²) in [5.74, 6) is 0.731. The number of nitrogen functional groups attached to an aromatic ring is 1. The lowest BCUT2D eigenvalue weighted by atomic mass is 10.3. The van der Waals surface area contributed by atoms with Crippen molar-refractivity contribution in [2.24, 2.45) is 7.05 Å². The van der Waals surface area contributed by atoms with E-state index in [9.17, 15) is 4.79 Å². The molecule has 2 heterocycles. The highest BCUT2D eigenvalue weighted by atomic mass is 16.2. The largest absolute Gasteiger partial charge is 0.383 e. The maximum atomic E-state index is 11.9. The molecule has 3 N–H and O–H groups in total. The van der Waals surface area contributed by atoms with Crippen molar-refractivity contribution in [3.05, 3.63) is 6.20 Å². The van der Waals surface area contributed by atoms with E-state index in [0.29, 0.717) is 29.3 Å². The minimum Gasteiger partial charge on any atom is -0.383 e. The van der Waals surface area contributed by atoms with Crippen molar-refractivity contribution in [1.82, 2.24) is 25.1 Å². The number of anilines is 2. The van der Waals surface area contributed by atoms with Gasteiger partial charge in [0, 0.05) is 19.6 Å². The fraction of sp³-hybridized carbons (Fsp3) is 0.538. The highest BCUT2D eigenvalue weighted by Gasteiger charge is 2.16. The third kappa shape index (κ3) is 3.21. The van der Waals surface area contributed by atoms with Gasteiger partial charge in [0.1, 0.15) is 5.82 Å². The summed E-state index contributed by atoms with van der Waals surface area (Å²) >= 11 is 0. The van der Waals surface area contributed by atoms with E-state index < -0.39 is 0 Å². The Bertz CT molecular complexity index is 649. The molecule has 0 aliphatic heterocycles. The SMILES string of the molecule is CCN(CC(=O)NC(C)C)c1nc(N)c2cnn(C)c2n1. The first kappa shape index (κ1) is 15.0. The van der Waals surface area contributed by atoms with E-state index in [1.54, 1.807) is 22.8 Å². The number of hydrogen-bond donors (Lipinski definition) is 2. The summed E-state index contributed by atoms with van der Waals surface area (Å²) in [5, 5.41) is 7.68. The molecule has 8 heteroatoms. The summed E-state index contributed by atoms with van der Waals surface area (Å²) in [5.41, 5.74) is 6.60. The molecular formula is C13H21N7O. The monoisotopic (exact) mass is 291 g/mol. The van der Waals surface area contributed by atoms with Crippen LogP contribution in [0, 0.1) is 0 Å². The van der Waals surface area contributed by atoms with Gasteiger partial charge in [0.25, 0.3) is 0 Å². The van der Waals surface area contributed by atoms with Crippen LogP contribution in [0.15, 0.2) is 6.20 Å². The Balaban J connectivity index is 2.29. The Morgan fingerprint density at radius 2 is 2.19 bits per heavy atom. The van der Waals surface area contributed by atoms with E-state index in [1.807, 2.05) is 20.8 Å². The lowest BCUT2D eigenvalue weighted by molar-refractivity contribution is -0.120. The van der Waals surface area contributed by atoms with Gasteiger partial charge in [-0.2, -0.15) is 15.1 Å². The molecule has 0 saturated heterocycles. The molecule has 0 atom stereocenters. The highest BCUT2D eigenvalue weighted by molar-refractivity contribution is 5.87. The number of aryl methyl sites for hydroxylation is 1. The molecule has 0 aliphatic carbocycles. The second-order valence-corrected chi connectivity index (χ2v) is 5.15. The summed E-state index contributed by atoms with van der Waals surface area (Å²) in [4.78, 5) is 22.4. The molecule has 2 rings (SSSR count). The number of nitrogens with one attached hydrogen (secondary N) is 1. The lowest BCUT2D eigenvalue weighted by Crippen LogP contribution is -2.40. The number of carbonyl (C=O) groups excluding carboxylic acids is 1. The molecule has 21 heavy (non-hydrogen) atoms. The van der Waals surface area contributed by atoms with Crippen molar-refractivity contribution in [3.8, 4) is 0 Å². The molecule has 0 saturated carbocycles. The van der Waals surface area contributed by atoms with Gasteiger partial charge in [-0.25, -0.2) is 0 Å². The number of carbonyl (C=O) groups is 1. The van der Waals surface area contributed by atoms with Crippen LogP contribution in [-0.2, 0) is 11.8 Å². The predicted octanol–water partition coefficient (Wildman–Crippen LogP) is 0.296. The zero-order chi connectivity index (χ0) is 15.6. The van der Waals surface area contributed by atoms with Gasteiger partial charge in [0.15, 0.2) is 5.65 Å². The van der Waals surface area contributed by atoms with Crippen LogP contribution >= 0.6 is 0 Å². The molecule has 0 aromatic carbocycles. The van der Waals surface area contributed by atoms with Gasteiger partial charge in [0.05, 0.1) is 18.1 Å². The number of nitrogens with zero attached hydrogens (tertiary/aromatic N) is 5. The summed E-state index contributed by atoms with van der Waals surface area (Å²) in [6.45, 7) is 6.58. The first-order valence-electron chi connectivity index (χ1n) is 6.92. The predicted molar refractivity (Wildman–Crippen MR) is 81.9 cm³/mol. The molecule has 2 aromatic heterocycles. The lowest BCUT2D eigenvalue weighted by Gasteiger charge is -2.21. The highest BCUT2D eigenvalue weighted by Crippen LogP contribution is 2.20. The summed E-state index contributed by atoms with van der Waals surface area (Å²) in [7, 11) is 1.79. The Kier molecular flexibility index (Phi) is 4.25. The van der Waals surface area contributed by atoms with E-state index >= 15 is 0 Å². The van der Waals surface area contributed by atoms with E-state index in [-0.39, 0.29) is 18.5 Å². The first-order chi connectivity index (χ1) is 9.92. The fourth-order valence-electron chi connectivity index (χ4n) is 2.04. The maximum Gasteiger partial charge on any atom is 0.239 e. The van der Waals surface area contributed by atoms with Crippen molar-refractivity contribution >= 4 is 28.7 Å². The zero-order valence-corrected chi connectivity index (χ0v) is 12.8. The molecule has 0 radical (unpaired) electrons. The van der Waals surface area contributed by atoms with Gasteiger partial charge in [0.2, 0.25) is 11.9 Å². The van der Waals surface area contributed by atoms with Gasteiger partial charge in [-0.15, -0.1) is 0 Å². The molecule has 0 fully saturated rings. The zero-order valence-electron chi connectivity index (χ0n) is 12.8. The van der Waals surface area contributed by atoms with E-state index in [0.717, 1.165) is 0 Å². The number of amides is 1. The summed E-state index contributed by atoms with van der Waals surface area (Å²) in [6.07, 6.45) is 1.64. The van der Waals surface area contributed by atoms with Crippen LogP contribution in [0.25, 0.3) is 11.0 Å². The molecule has 1 amide bonds. The third-order valence-corrected chi connectivity index (χ3v) is 3.06. The molecule has 0 aliphatic rings. The maximum absolute atomic E-state index is 11.9. The van der Waals surface area contributed by atoms with Crippen molar-refractivity contribution in [2.45, 2.75) is 26.8 Å². The average molecular weight is 291 g/mol. The summed E-state index contributed by atoms with van der Waals surface area (Å²) in [6, 6.07) is 0.0988. The molecule has 114 valence electrons. The van der Waals surface area contributed by atoms with Gasteiger partial charge in [-0.3, -0.25) is 9.48 Å². The molecule has 0 bridgehead atoms. The van der Waals surface area contributed by atoms with Crippen molar-refractivity contribution in [1.29, 1.82) is 0 Å². The minimum absolute atomic E-state index is 0.0703. The molecule has 8 nitrogen and oxygen atoms in total. The van der Waals surface area contributed by atoms with Gasteiger partial charge >= 0.3 is 0 Å². The Morgan fingerprint density at radius 1 is 1.48 bits per heavy atom. The number of fused-ring (bicyclic) bond motifs is 1. The topological polar surface area (TPSA) is 102 Å². The number of aromatic nitrogens is 4. The van der Waals surface area contributed by atoms with Crippen molar-refractivity contribution in [2.75, 3.05) is 23.7 Å². The van der Waals surface area contributed by atoms with E-state index in [2.05, 4.69) is 20.4 Å². The Hall–Kier alpha value is -2.38. The molecular weight excluding hydrogens is 270 g/mol. The first-order valence-corrected chi connectivity index (χ1v) is 6.92. The van der Waals surface area contributed by atoms with Gasteiger partial charge < -0.3 is 16.0 Å². The number of rotatable bonds is 5. The van der Waals surface area contributed by atoms with Crippen LogP contribution in [0.1, 0.15) is 20.8 Å². The van der Waals surface area contributed by atoms with Crippen LogP contribution in [0.2, 0.25) is 0 Å². The standard InChI is InChI=1S/C13H21N7O/c1-5-20(7-10(21)16-8(2)3)13-17-11(14)9-6-15-19(4)12(9)18-13/h6,8H,5,7H2,1-4H3,(H,16,21)(H2,14,17,18). The van der Waals surface area contributed by atoms with Crippen molar-refractivity contribution in [3.63, 3.8) is 0 Å². The van der Waals surface area contributed by atoms with Crippen LogP contribution in [0.4, 0.5) is 11.8 Å². The molecule has 0 unspecified atom stereocenters. The van der Waals surface area contributed by atoms with E-state index in [4.69, 9.17) is 5.73 Å². The van der Waals surface area contributed by atoms with E-state index in [1.165, 1.54) is 0 Å². The number of nitrogens with two attached hydrogens (primary N) is 1.